The number of aromatic nitrogens is 2. The molecule has 6 nitrogen and oxygen atoms in total. The molecule has 7 heteroatoms. The summed E-state index contributed by atoms with van der Waals surface area (Å²) in [6.45, 7) is 4.47. The van der Waals surface area contributed by atoms with Gasteiger partial charge in [0.25, 0.3) is 0 Å². The van der Waals surface area contributed by atoms with Gasteiger partial charge in [0, 0.05) is 12.0 Å². The predicted molar refractivity (Wildman–Crippen MR) is 69.8 cm³/mol. The molecule has 0 fully saturated rings. The van der Waals surface area contributed by atoms with Crippen LogP contribution in [0.25, 0.3) is 0 Å². The zero-order valence-corrected chi connectivity index (χ0v) is 11.3. The van der Waals surface area contributed by atoms with Crippen LogP contribution in [-0.4, -0.2) is 29.2 Å². The third-order valence-corrected chi connectivity index (χ3v) is 2.61. The molecular weight excluding hydrogens is 256 g/mol. The lowest BCUT2D eigenvalue weighted by atomic mass is 10.3. The maximum atomic E-state index is 10.4. The van der Waals surface area contributed by atoms with Gasteiger partial charge in [-0.2, -0.15) is 0 Å². The topological polar surface area (TPSA) is 90.1 Å². The number of aryl methyl sites for hydroxylation is 1. The van der Waals surface area contributed by atoms with E-state index in [4.69, 9.17) is 17.3 Å². The number of nitrogens with zero attached hydrogens (tertiary/aromatic N) is 2. The molecule has 0 radical (unpaired) electrons. The van der Waals surface area contributed by atoms with Gasteiger partial charge in [0.15, 0.2) is 0 Å². The molecule has 1 heterocycles. The minimum absolute atomic E-state index is 0.180. The predicted octanol–water partition coefficient (Wildman–Crippen LogP) is 1.90. The first-order valence-corrected chi connectivity index (χ1v) is 6.11. The van der Waals surface area contributed by atoms with E-state index in [1.165, 1.54) is 0 Å². The Kier molecular flexibility index (Phi) is 5.64. The normalized spacial score (nSPS) is 10.2. The number of hydrogen-bond acceptors (Lipinski definition) is 5. The Morgan fingerprint density at radius 1 is 1.50 bits per heavy atom. The molecule has 1 rings (SSSR count). The minimum atomic E-state index is -0.791. The van der Waals surface area contributed by atoms with Gasteiger partial charge >= 0.3 is 6.09 Å². The highest BCUT2D eigenvalue weighted by atomic mass is 35.5. The van der Waals surface area contributed by atoms with Crippen LogP contribution in [0.15, 0.2) is 0 Å². The van der Waals surface area contributed by atoms with E-state index in [1.54, 1.807) is 0 Å². The van der Waals surface area contributed by atoms with Gasteiger partial charge in [-0.3, -0.25) is 0 Å². The number of primary amides is 1. The van der Waals surface area contributed by atoms with E-state index in [9.17, 15) is 4.79 Å². The summed E-state index contributed by atoms with van der Waals surface area (Å²) in [6, 6.07) is 0. The van der Waals surface area contributed by atoms with Gasteiger partial charge < -0.3 is 15.8 Å². The van der Waals surface area contributed by atoms with Crippen LogP contribution in [-0.2, 0) is 11.2 Å². The smallest absolute Gasteiger partial charge is 0.404 e. The van der Waals surface area contributed by atoms with E-state index in [2.05, 4.69) is 20.0 Å². The van der Waals surface area contributed by atoms with E-state index in [1.807, 2.05) is 13.8 Å². The molecule has 0 aliphatic carbocycles. The molecule has 0 aromatic carbocycles. The highest BCUT2D eigenvalue weighted by molar-refractivity contribution is 6.30. The van der Waals surface area contributed by atoms with E-state index in [-0.39, 0.29) is 6.61 Å². The molecule has 0 aliphatic rings. The van der Waals surface area contributed by atoms with Crippen molar-refractivity contribution >= 4 is 23.5 Å². The standard InChI is InChI=1S/C11H17ClN4O2/c1-3-4-8-15-9(12)7(2)10(16-8)14-5-6-18-11(13)17/h3-6H2,1-2H3,(H2,13,17)(H,14,15,16). The molecule has 1 aromatic heterocycles. The number of anilines is 1. The summed E-state index contributed by atoms with van der Waals surface area (Å²) in [7, 11) is 0. The van der Waals surface area contributed by atoms with Crippen molar-refractivity contribution in [2.75, 3.05) is 18.5 Å². The number of carbonyl (C=O) groups excluding carboxylic acids is 1. The Morgan fingerprint density at radius 2 is 2.22 bits per heavy atom. The number of nitrogens with two attached hydrogens (primary N) is 1. The van der Waals surface area contributed by atoms with Crippen molar-refractivity contribution in [3.8, 4) is 0 Å². The van der Waals surface area contributed by atoms with Gasteiger partial charge in [0.05, 0.1) is 6.54 Å². The summed E-state index contributed by atoms with van der Waals surface area (Å²) in [5.74, 6) is 1.36. The van der Waals surface area contributed by atoms with Crippen molar-refractivity contribution in [1.29, 1.82) is 0 Å². The second-order valence-electron chi connectivity index (χ2n) is 3.75. The Bertz CT molecular complexity index is 426. The lowest BCUT2D eigenvalue weighted by Gasteiger charge is -2.11. The number of ether oxygens (including phenoxy) is 1. The molecule has 0 saturated heterocycles. The van der Waals surface area contributed by atoms with Gasteiger partial charge in [-0.1, -0.05) is 18.5 Å². The molecule has 1 aromatic rings. The fourth-order valence-corrected chi connectivity index (χ4v) is 1.55. The second-order valence-corrected chi connectivity index (χ2v) is 4.11. The molecule has 18 heavy (non-hydrogen) atoms. The van der Waals surface area contributed by atoms with E-state index in [0.717, 1.165) is 18.4 Å². The van der Waals surface area contributed by atoms with E-state index >= 15 is 0 Å². The van der Waals surface area contributed by atoms with Crippen molar-refractivity contribution in [3.63, 3.8) is 0 Å². The molecule has 0 unspecified atom stereocenters. The molecule has 0 spiro atoms. The van der Waals surface area contributed by atoms with Crippen LogP contribution in [0.1, 0.15) is 24.7 Å². The molecule has 3 N–H and O–H groups in total. The van der Waals surface area contributed by atoms with Crippen LogP contribution >= 0.6 is 11.6 Å². The summed E-state index contributed by atoms with van der Waals surface area (Å²) in [5.41, 5.74) is 5.63. The fraction of sp³-hybridized carbons (Fsp3) is 0.545. The molecular formula is C11H17ClN4O2. The zero-order valence-electron chi connectivity index (χ0n) is 10.5. The lowest BCUT2D eigenvalue weighted by molar-refractivity contribution is 0.161. The lowest BCUT2D eigenvalue weighted by Crippen LogP contribution is -2.19. The molecule has 0 aliphatic heterocycles. The Labute approximate surface area is 111 Å². The van der Waals surface area contributed by atoms with Crippen LogP contribution in [0.2, 0.25) is 5.15 Å². The largest absolute Gasteiger partial charge is 0.448 e. The van der Waals surface area contributed by atoms with Crippen LogP contribution in [0, 0.1) is 6.92 Å². The average molecular weight is 273 g/mol. The average Bonchev–Trinajstić information content (AvgIpc) is 2.30. The van der Waals surface area contributed by atoms with Crippen molar-refractivity contribution in [3.05, 3.63) is 16.5 Å². The highest BCUT2D eigenvalue weighted by Crippen LogP contribution is 2.20. The maximum Gasteiger partial charge on any atom is 0.404 e. The van der Waals surface area contributed by atoms with Crippen molar-refractivity contribution in [2.24, 2.45) is 5.73 Å². The van der Waals surface area contributed by atoms with Crippen molar-refractivity contribution in [2.45, 2.75) is 26.7 Å². The number of halogens is 1. The summed E-state index contributed by atoms with van der Waals surface area (Å²) in [5, 5.41) is 3.48. The molecule has 0 saturated carbocycles. The number of hydrogen-bond donors (Lipinski definition) is 2. The Balaban J connectivity index is 2.65. The number of amides is 1. The fourth-order valence-electron chi connectivity index (χ4n) is 1.36. The van der Waals surface area contributed by atoms with Crippen LogP contribution in [0.5, 0.6) is 0 Å². The molecule has 100 valence electrons. The quantitative estimate of drug-likeness (QED) is 0.610. The van der Waals surface area contributed by atoms with Gasteiger partial charge in [-0.15, -0.1) is 0 Å². The third-order valence-electron chi connectivity index (χ3n) is 2.25. The summed E-state index contributed by atoms with van der Waals surface area (Å²) >= 11 is 6.02. The minimum Gasteiger partial charge on any atom is -0.448 e. The van der Waals surface area contributed by atoms with Crippen LogP contribution < -0.4 is 11.1 Å². The molecule has 0 atom stereocenters. The van der Waals surface area contributed by atoms with Gasteiger partial charge in [0.1, 0.15) is 23.4 Å². The summed E-state index contributed by atoms with van der Waals surface area (Å²) < 4.78 is 4.61. The van der Waals surface area contributed by atoms with E-state index < -0.39 is 6.09 Å². The monoisotopic (exact) mass is 272 g/mol. The highest BCUT2D eigenvalue weighted by Gasteiger charge is 2.08. The number of carbonyl (C=O) groups is 1. The first kappa shape index (κ1) is 14.5. The Hall–Kier alpha value is -1.56. The first-order chi connectivity index (χ1) is 8.54. The number of nitrogens with one attached hydrogen (secondary N) is 1. The van der Waals surface area contributed by atoms with E-state index in [0.29, 0.717) is 23.3 Å². The van der Waals surface area contributed by atoms with Crippen LogP contribution in [0.4, 0.5) is 10.6 Å². The first-order valence-electron chi connectivity index (χ1n) is 5.73. The number of rotatable bonds is 6. The van der Waals surface area contributed by atoms with Gasteiger partial charge in [-0.25, -0.2) is 14.8 Å². The van der Waals surface area contributed by atoms with Crippen molar-refractivity contribution in [1.82, 2.24) is 9.97 Å². The van der Waals surface area contributed by atoms with Gasteiger partial charge in [-0.05, 0) is 13.3 Å². The Morgan fingerprint density at radius 3 is 2.83 bits per heavy atom. The summed E-state index contributed by atoms with van der Waals surface area (Å²) in [4.78, 5) is 18.9. The van der Waals surface area contributed by atoms with Crippen LogP contribution in [0.3, 0.4) is 0 Å². The van der Waals surface area contributed by atoms with Crippen molar-refractivity contribution < 1.29 is 9.53 Å². The third kappa shape index (κ3) is 4.37. The second kappa shape index (κ2) is 7.00. The maximum absolute atomic E-state index is 10.4. The SMILES string of the molecule is CCCc1nc(Cl)c(C)c(NCCOC(N)=O)n1. The summed E-state index contributed by atoms with van der Waals surface area (Å²) in [6.07, 6.45) is 0.928. The molecule has 1 amide bonds. The van der Waals surface area contributed by atoms with Gasteiger partial charge in [0.2, 0.25) is 0 Å². The zero-order chi connectivity index (χ0) is 13.5. The molecule has 0 bridgehead atoms.